The zero-order valence-corrected chi connectivity index (χ0v) is 15.3. The molecule has 1 aliphatic carbocycles. The molecule has 0 saturated heterocycles. The maximum absolute atomic E-state index is 12.3. The van der Waals surface area contributed by atoms with Crippen LogP contribution < -0.4 is 16.1 Å². The van der Waals surface area contributed by atoms with E-state index in [1.165, 1.54) is 0 Å². The third-order valence-corrected chi connectivity index (χ3v) is 4.84. The van der Waals surface area contributed by atoms with Crippen LogP contribution in [0.25, 0.3) is 0 Å². The van der Waals surface area contributed by atoms with Gasteiger partial charge in [0, 0.05) is 31.2 Å². The smallest absolute Gasteiger partial charge is 0.267 e. The van der Waals surface area contributed by atoms with Crippen molar-refractivity contribution in [3.63, 3.8) is 0 Å². The minimum absolute atomic E-state index is 0.0185. The van der Waals surface area contributed by atoms with Gasteiger partial charge >= 0.3 is 0 Å². The average Bonchev–Trinajstić information content (AvgIpc) is 3.15. The third kappa shape index (κ3) is 5.11. The van der Waals surface area contributed by atoms with Crippen molar-refractivity contribution in [2.75, 3.05) is 0 Å². The molecule has 10 nitrogen and oxygen atoms in total. The lowest BCUT2D eigenvalue weighted by molar-refractivity contribution is -0.126. The van der Waals surface area contributed by atoms with Crippen molar-refractivity contribution in [1.29, 1.82) is 0 Å². The van der Waals surface area contributed by atoms with Crippen molar-refractivity contribution >= 4 is 23.4 Å². The first-order chi connectivity index (χ1) is 13.0. The lowest BCUT2D eigenvalue weighted by atomic mass is 9.85. The molecule has 3 amide bonds. The van der Waals surface area contributed by atoms with E-state index in [0.717, 1.165) is 12.8 Å². The Kier molecular flexibility index (Phi) is 6.15. The Balaban J connectivity index is 1.39. The van der Waals surface area contributed by atoms with E-state index in [-0.39, 0.29) is 42.6 Å². The van der Waals surface area contributed by atoms with Crippen LogP contribution in [0.3, 0.4) is 0 Å². The first-order valence-corrected chi connectivity index (χ1v) is 9.30. The molecule has 27 heavy (non-hydrogen) atoms. The monoisotopic (exact) mass is 376 g/mol. The van der Waals surface area contributed by atoms with Gasteiger partial charge in [0.2, 0.25) is 17.7 Å². The molecular weight excluding hydrogens is 352 g/mol. The minimum atomic E-state index is -0.244. The van der Waals surface area contributed by atoms with Gasteiger partial charge in [-0.2, -0.15) is 10.1 Å². The predicted molar refractivity (Wildman–Crippen MR) is 94.2 cm³/mol. The fourth-order valence-electron chi connectivity index (χ4n) is 3.22. The molecule has 0 radical (unpaired) electrons. The Hall–Kier alpha value is -2.78. The van der Waals surface area contributed by atoms with Crippen molar-refractivity contribution in [3.05, 3.63) is 11.7 Å². The van der Waals surface area contributed by atoms with Crippen LogP contribution in [0.1, 0.15) is 57.2 Å². The van der Waals surface area contributed by atoms with E-state index in [0.29, 0.717) is 43.1 Å². The van der Waals surface area contributed by atoms with Gasteiger partial charge in [-0.15, -0.1) is 0 Å². The molecule has 2 aliphatic rings. The van der Waals surface area contributed by atoms with Crippen LogP contribution in [0.5, 0.6) is 0 Å². The van der Waals surface area contributed by atoms with Gasteiger partial charge in [0.1, 0.15) is 5.71 Å². The fourth-order valence-corrected chi connectivity index (χ4v) is 3.22. The largest absolute Gasteiger partial charge is 0.348 e. The first kappa shape index (κ1) is 19.0. The van der Waals surface area contributed by atoms with Gasteiger partial charge in [-0.3, -0.25) is 14.4 Å². The summed E-state index contributed by atoms with van der Waals surface area (Å²) in [5.41, 5.74) is 2.67. The van der Waals surface area contributed by atoms with Gasteiger partial charge in [-0.05, 0) is 25.7 Å². The zero-order chi connectivity index (χ0) is 19.2. The van der Waals surface area contributed by atoms with Crippen molar-refractivity contribution < 1.29 is 18.9 Å². The van der Waals surface area contributed by atoms with E-state index >= 15 is 0 Å². The van der Waals surface area contributed by atoms with E-state index in [9.17, 15) is 14.4 Å². The Bertz CT molecular complexity index is 736. The molecule has 0 aromatic carbocycles. The standard InChI is InChI=1S/C17H24N6O4/c1-2-13-20-15(27-23-13)9-18-16(25)10-3-5-11(6-4-10)19-17(26)12-7-8-14(24)22-21-12/h10-11H,2-9H2,1H3,(H,18,25)(H,19,26)(H,22,24). The van der Waals surface area contributed by atoms with Crippen molar-refractivity contribution in [1.82, 2.24) is 26.2 Å². The number of nitrogens with one attached hydrogen (secondary N) is 3. The highest BCUT2D eigenvalue weighted by Gasteiger charge is 2.28. The second-order valence-electron chi connectivity index (χ2n) is 6.79. The lowest BCUT2D eigenvalue weighted by Gasteiger charge is -2.28. The fraction of sp³-hybridized carbons (Fsp3) is 0.647. The summed E-state index contributed by atoms with van der Waals surface area (Å²) >= 11 is 0. The highest BCUT2D eigenvalue weighted by atomic mass is 16.5. The molecule has 1 aromatic rings. The normalized spacial score (nSPS) is 22.6. The zero-order valence-electron chi connectivity index (χ0n) is 15.3. The summed E-state index contributed by atoms with van der Waals surface area (Å²) in [5, 5.41) is 13.4. The van der Waals surface area contributed by atoms with Gasteiger partial charge in [0.15, 0.2) is 5.82 Å². The Morgan fingerprint density at radius 3 is 2.63 bits per heavy atom. The maximum Gasteiger partial charge on any atom is 0.267 e. The molecule has 2 heterocycles. The minimum Gasteiger partial charge on any atom is -0.348 e. The van der Waals surface area contributed by atoms with Crippen LogP contribution >= 0.6 is 0 Å². The molecule has 3 N–H and O–H groups in total. The molecule has 146 valence electrons. The summed E-state index contributed by atoms with van der Waals surface area (Å²) in [5.74, 6) is 0.489. The van der Waals surface area contributed by atoms with E-state index in [4.69, 9.17) is 4.52 Å². The summed E-state index contributed by atoms with van der Waals surface area (Å²) in [6.45, 7) is 2.16. The van der Waals surface area contributed by atoms with E-state index in [2.05, 4.69) is 31.3 Å². The molecule has 0 spiro atoms. The molecule has 0 unspecified atom stereocenters. The van der Waals surface area contributed by atoms with Gasteiger partial charge in [-0.25, -0.2) is 5.43 Å². The van der Waals surface area contributed by atoms with Crippen LogP contribution in [0.15, 0.2) is 9.62 Å². The number of aryl methyl sites for hydroxylation is 1. The Labute approximate surface area is 156 Å². The number of rotatable bonds is 6. The van der Waals surface area contributed by atoms with Gasteiger partial charge in [0.05, 0.1) is 6.54 Å². The predicted octanol–water partition coefficient (Wildman–Crippen LogP) is 0.189. The summed E-state index contributed by atoms with van der Waals surface area (Å²) in [6, 6.07) is 0.0185. The second-order valence-corrected chi connectivity index (χ2v) is 6.79. The molecule has 10 heteroatoms. The lowest BCUT2D eigenvalue weighted by Crippen LogP contribution is -2.44. The quantitative estimate of drug-likeness (QED) is 0.648. The van der Waals surface area contributed by atoms with Crippen LogP contribution in [-0.4, -0.2) is 39.6 Å². The number of nitrogens with zero attached hydrogens (tertiary/aromatic N) is 3. The summed E-state index contributed by atoms with van der Waals surface area (Å²) in [4.78, 5) is 39.7. The van der Waals surface area contributed by atoms with Crippen molar-refractivity contribution in [2.45, 2.75) is 64.5 Å². The van der Waals surface area contributed by atoms with E-state index in [1.807, 2.05) is 6.92 Å². The second kappa shape index (κ2) is 8.74. The molecule has 1 aliphatic heterocycles. The summed E-state index contributed by atoms with van der Waals surface area (Å²) < 4.78 is 5.06. The summed E-state index contributed by atoms with van der Waals surface area (Å²) in [7, 11) is 0. The number of hydrogen-bond donors (Lipinski definition) is 3. The van der Waals surface area contributed by atoms with Crippen LogP contribution in [-0.2, 0) is 27.3 Å². The van der Waals surface area contributed by atoms with Crippen molar-refractivity contribution in [2.24, 2.45) is 11.0 Å². The molecule has 1 saturated carbocycles. The van der Waals surface area contributed by atoms with Crippen LogP contribution in [0.2, 0.25) is 0 Å². The Morgan fingerprint density at radius 2 is 2.00 bits per heavy atom. The molecule has 0 atom stereocenters. The molecule has 1 aromatic heterocycles. The molecular formula is C17H24N6O4. The number of carbonyl (C=O) groups excluding carboxylic acids is 3. The van der Waals surface area contributed by atoms with Crippen LogP contribution in [0, 0.1) is 5.92 Å². The molecule has 0 bridgehead atoms. The third-order valence-electron chi connectivity index (χ3n) is 4.84. The number of carbonyl (C=O) groups is 3. The number of hydrazone groups is 1. The first-order valence-electron chi connectivity index (χ1n) is 9.30. The number of aromatic nitrogens is 2. The topological polar surface area (TPSA) is 139 Å². The summed E-state index contributed by atoms with van der Waals surface area (Å²) in [6.07, 6.45) is 4.16. The van der Waals surface area contributed by atoms with E-state index < -0.39 is 0 Å². The molecule has 1 fully saturated rings. The van der Waals surface area contributed by atoms with Crippen LogP contribution in [0.4, 0.5) is 0 Å². The Morgan fingerprint density at radius 1 is 1.22 bits per heavy atom. The van der Waals surface area contributed by atoms with Gasteiger partial charge < -0.3 is 15.2 Å². The SMILES string of the molecule is CCc1noc(CNC(=O)C2CCC(NC(=O)C3=NNC(=O)CC3)CC2)n1. The highest BCUT2D eigenvalue weighted by Crippen LogP contribution is 2.24. The van der Waals surface area contributed by atoms with Gasteiger partial charge in [0.25, 0.3) is 5.91 Å². The van der Waals surface area contributed by atoms with E-state index in [1.54, 1.807) is 0 Å². The molecule has 3 rings (SSSR count). The van der Waals surface area contributed by atoms with Gasteiger partial charge in [-0.1, -0.05) is 12.1 Å². The van der Waals surface area contributed by atoms with Crippen molar-refractivity contribution in [3.8, 4) is 0 Å². The average molecular weight is 376 g/mol. The maximum atomic E-state index is 12.3. The highest BCUT2D eigenvalue weighted by molar-refractivity contribution is 6.39. The number of hydrogen-bond acceptors (Lipinski definition) is 7. The number of amides is 3.